The molecule has 6 unspecified atom stereocenters. The van der Waals surface area contributed by atoms with Crippen LogP contribution in [0.25, 0.3) is 0 Å². The van der Waals surface area contributed by atoms with Crippen molar-refractivity contribution in [3.8, 4) is 0 Å². The summed E-state index contributed by atoms with van der Waals surface area (Å²) in [5, 5.41) is 40.9. The van der Waals surface area contributed by atoms with Gasteiger partial charge in [-0.3, -0.25) is 0 Å². The van der Waals surface area contributed by atoms with Gasteiger partial charge in [-0.05, 0) is 69.6 Å². The second kappa shape index (κ2) is 10.9. The molecule has 0 heterocycles. The largest absolute Gasteiger partial charge is 0.392 e. The van der Waals surface area contributed by atoms with Crippen LogP contribution in [-0.2, 0) is 0 Å². The van der Waals surface area contributed by atoms with Crippen molar-refractivity contribution >= 4 is 0 Å². The zero-order chi connectivity index (χ0) is 21.5. The number of aliphatic hydroxyl groups excluding tert-OH is 3. The van der Waals surface area contributed by atoms with E-state index in [9.17, 15) is 20.4 Å². The molecule has 0 aromatic rings. The molecule has 0 aromatic heterocycles. The summed E-state index contributed by atoms with van der Waals surface area (Å²) in [5.74, 6) is 0.640. The van der Waals surface area contributed by atoms with E-state index < -0.39 is 17.8 Å². The van der Waals surface area contributed by atoms with Crippen molar-refractivity contribution in [1.29, 1.82) is 0 Å². The zero-order valence-electron chi connectivity index (χ0n) is 18.9. The summed E-state index contributed by atoms with van der Waals surface area (Å²) in [7, 11) is 0. The van der Waals surface area contributed by atoms with Crippen LogP contribution in [0.15, 0.2) is 23.8 Å². The van der Waals surface area contributed by atoms with Gasteiger partial charge in [0.15, 0.2) is 0 Å². The molecule has 4 nitrogen and oxygen atoms in total. The Bertz CT molecular complexity index is 521. The van der Waals surface area contributed by atoms with E-state index in [1.165, 1.54) is 5.57 Å². The van der Waals surface area contributed by atoms with Crippen molar-refractivity contribution in [1.82, 2.24) is 0 Å². The van der Waals surface area contributed by atoms with E-state index in [0.717, 1.165) is 19.3 Å². The van der Waals surface area contributed by atoms with E-state index in [0.29, 0.717) is 25.2 Å². The lowest BCUT2D eigenvalue weighted by atomic mass is 9.64. The molecule has 0 aromatic carbocycles. The molecule has 0 saturated heterocycles. The highest BCUT2D eigenvalue weighted by atomic mass is 16.3. The first kappa shape index (κ1) is 25.4. The molecular weight excluding hydrogens is 352 g/mol. The summed E-state index contributed by atoms with van der Waals surface area (Å²) < 4.78 is 0. The van der Waals surface area contributed by atoms with Gasteiger partial charge >= 0.3 is 0 Å². The van der Waals surface area contributed by atoms with Crippen molar-refractivity contribution in [3.63, 3.8) is 0 Å². The van der Waals surface area contributed by atoms with E-state index in [4.69, 9.17) is 0 Å². The SMILES string of the molecule is CCC(O)C(O)CC(C)(O)CCCC(C)=CCC(O)C1C(C)C=CCC1(C)C. The fourth-order valence-electron chi connectivity index (χ4n) is 4.70. The summed E-state index contributed by atoms with van der Waals surface area (Å²) >= 11 is 0. The van der Waals surface area contributed by atoms with Gasteiger partial charge in [-0.1, -0.05) is 51.5 Å². The van der Waals surface area contributed by atoms with E-state index in [-0.39, 0.29) is 23.9 Å². The fraction of sp³-hybridized carbons (Fsp3) is 0.833. The molecule has 0 saturated carbocycles. The Morgan fingerprint density at radius 3 is 2.46 bits per heavy atom. The molecule has 0 aliphatic heterocycles. The van der Waals surface area contributed by atoms with Crippen LogP contribution in [0.4, 0.5) is 0 Å². The van der Waals surface area contributed by atoms with E-state index in [1.807, 2.05) is 6.92 Å². The summed E-state index contributed by atoms with van der Waals surface area (Å²) in [6, 6.07) is 0. The smallest absolute Gasteiger partial charge is 0.0826 e. The third kappa shape index (κ3) is 7.98. The molecule has 4 heteroatoms. The zero-order valence-corrected chi connectivity index (χ0v) is 18.9. The average molecular weight is 397 g/mol. The highest BCUT2D eigenvalue weighted by Gasteiger charge is 2.38. The fourth-order valence-corrected chi connectivity index (χ4v) is 4.70. The molecule has 0 radical (unpaired) electrons. The van der Waals surface area contributed by atoms with Gasteiger partial charge in [-0.2, -0.15) is 0 Å². The lowest BCUT2D eigenvalue weighted by Gasteiger charge is -2.42. The van der Waals surface area contributed by atoms with Crippen LogP contribution in [-0.4, -0.2) is 44.3 Å². The summed E-state index contributed by atoms with van der Waals surface area (Å²) in [5.41, 5.74) is 0.349. The molecule has 1 aliphatic rings. The monoisotopic (exact) mass is 396 g/mol. The minimum Gasteiger partial charge on any atom is -0.392 e. The number of aliphatic hydroxyl groups is 4. The maximum atomic E-state index is 10.8. The molecule has 1 rings (SSSR count). The number of hydrogen-bond donors (Lipinski definition) is 4. The van der Waals surface area contributed by atoms with Crippen LogP contribution in [0, 0.1) is 17.3 Å². The minimum atomic E-state index is -0.983. The van der Waals surface area contributed by atoms with Gasteiger partial charge in [0.05, 0.1) is 23.9 Å². The first-order valence-electron chi connectivity index (χ1n) is 11.0. The molecule has 4 N–H and O–H groups in total. The Hall–Kier alpha value is -0.680. The molecule has 0 spiro atoms. The van der Waals surface area contributed by atoms with Gasteiger partial charge in [-0.25, -0.2) is 0 Å². The van der Waals surface area contributed by atoms with Gasteiger partial charge < -0.3 is 20.4 Å². The van der Waals surface area contributed by atoms with Crippen LogP contribution < -0.4 is 0 Å². The average Bonchev–Trinajstić information content (AvgIpc) is 2.57. The number of rotatable bonds is 11. The second-order valence-corrected chi connectivity index (χ2v) is 9.96. The van der Waals surface area contributed by atoms with E-state index in [1.54, 1.807) is 6.92 Å². The Morgan fingerprint density at radius 2 is 1.89 bits per heavy atom. The Labute approximate surface area is 172 Å². The maximum absolute atomic E-state index is 10.8. The normalized spacial score (nSPS) is 27.9. The molecule has 164 valence electrons. The predicted molar refractivity (Wildman–Crippen MR) is 116 cm³/mol. The summed E-state index contributed by atoms with van der Waals surface area (Å²) in [6.07, 6.45) is 9.16. The lowest BCUT2D eigenvalue weighted by Crippen LogP contribution is -2.39. The van der Waals surface area contributed by atoms with Crippen LogP contribution >= 0.6 is 0 Å². The predicted octanol–water partition coefficient (Wildman–Crippen LogP) is 4.37. The molecule has 6 atom stereocenters. The second-order valence-electron chi connectivity index (χ2n) is 9.96. The van der Waals surface area contributed by atoms with Crippen LogP contribution in [0.3, 0.4) is 0 Å². The molecule has 0 amide bonds. The Balaban J connectivity index is 2.47. The summed E-state index contributed by atoms with van der Waals surface area (Å²) in [4.78, 5) is 0. The van der Waals surface area contributed by atoms with Crippen molar-refractivity contribution in [3.05, 3.63) is 23.8 Å². The number of hydrogen-bond acceptors (Lipinski definition) is 4. The number of allylic oxidation sites excluding steroid dienone is 3. The van der Waals surface area contributed by atoms with Crippen molar-refractivity contribution in [2.45, 2.75) is 110 Å². The topological polar surface area (TPSA) is 80.9 Å². The first-order valence-corrected chi connectivity index (χ1v) is 11.0. The lowest BCUT2D eigenvalue weighted by molar-refractivity contribution is -0.0514. The quantitative estimate of drug-likeness (QED) is 0.391. The van der Waals surface area contributed by atoms with Gasteiger partial charge in [0.25, 0.3) is 0 Å². The molecule has 0 bridgehead atoms. The minimum absolute atomic E-state index is 0.109. The summed E-state index contributed by atoms with van der Waals surface area (Å²) in [6.45, 7) is 12.3. The third-order valence-electron chi connectivity index (χ3n) is 6.47. The Kier molecular flexibility index (Phi) is 9.88. The first-order chi connectivity index (χ1) is 12.9. The van der Waals surface area contributed by atoms with Crippen LogP contribution in [0.2, 0.25) is 0 Å². The molecule has 1 aliphatic carbocycles. The van der Waals surface area contributed by atoms with Gasteiger partial charge in [0.2, 0.25) is 0 Å². The highest BCUT2D eigenvalue weighted by Crippen LogP contribution is 2.43. The van der Waals surface area contributed by atoms with E-state index >= 15 is 0 Å². The highest BCUT2D eigenvalue weighted by molar-refractivity contribution is 5.07. The Morgan fingerprint density at radius 1 is 1.25 bits per heavy atom. The van der Waals surface area contributed by atoms with Crippen molar-refractivity contribution < 1.29 is 20.4 Å². The van der Waals surface area contributed by atoms with E-state index in [2.05, 4.69) is 45.9 Å². The van der Waals surface area contributed by atoms with Crippen molar-refractivity contribution in [2.24, 2.45) is 17.3 Å². The van der Waals surface area contributed by atoms with Crippen LogP contribution in [0.5, 0.6) is 0 Å². The third-order valence-corrected chi connectivity index (χ3v) is 6.47. The van der Waals surface area contributed by atoms with Gasteiger partial charge in [0, 0.05) is 6.42 Å². The van der Waals surface area contributed by atoms with Gasteiger partial charge in [0.1, 0.15) is 0 Å². The van der Waals surface area contributed by atoms with Gasteiger partial charge in [-0.15, -0.1) is 0 Å². The standard InChI is InChI=1S/C24H44O4/c1-7-19(25)21(27)16-24(6,28)15-8-10-17(2)12-13-20(26)22-18(3)11-9-14-23(22,4)5/h9,11-12,18-22,25-28H,7-8,10,13-16H2,1-6H3. The van der Waals surface area contributed by atoms with Crippen molar-refractivity contribution in [2.75, 3.05) is 0 Å². The molecule has 0 fully saturated rings. The maximum Gasteiger partial charge on any atom is 0.0826 e. The van der Waals surface area contributed by atoms with Crippen LogP contribution in [0.1, 0.15) is 86.5 Å². The molecular formula is C24H44O4. The molecule has 28 heavy (non-hydrogen) atoms.